The minimum atomic E-state index is -2.94. The van der Waals surface area contributed by atoms with Gasteiger partial charge in [-0.1, -0.05) is 30.1 Å². The molecule has 1 unspecified atom stereocenters. The lowest BCUT2D eigenvalue weighted by molar-refractivity contribution is 0.409. The second-order valence-corrected chi connectivity index (χ2v) is 11.1. The lowest BCUT2D eigenvalue weighted by Gasteiger charge is -2.25. The van der Waals surface area contributed by atoms with Crippen LogP contribution in [0.5, 0.6) is 0 Å². The van der Waals surface area contributed by atoms with Crippen molar-refractivity contribution in [3.63, 3.8) is 0 Å². The van der Waals surface area contributed by atoms with Gasteiger partial charge in [0.25, 0.3) is 0 Å². The van der Waals surface area contributed by atoms with E-state index < -0.39 is 19.7 Å². The highest BCUT2D eigenvalue weighted by Crippen LogP contribution is 2.23. The van der Waals surface area contributed by atoms with Gasteiger partial charge in [-0.05, 0) is 12.0 Å². The number of sulfone groups is 2. The first-order valence-corrected chi connectivity index (χ1v) is 11.2. The van der Waals surface area contributed by atoms with Gasteiger partial charge < -0.3 is 4.90 Å². The molecule has 0 bridgehead atoms. The summed E-state index contributed by atoms with van der Waals surface area (Å²) >= 11 is 6.70. The molecule has 0 radical (unpaired) electrons. The van der Waals surface area contributed by atoms with Crippen molar-refractivity contribution in [2.75, 3.05) is 35.8 Å². The molecule has 1 saturated heterocycles. The maximum Gasteiger partial charge on any atom is 0.157 e. The quantitative estimate of drug-likeness (QED) is 0.538. The van der Waals surface area contributed by atoms with E-state index in [2.05, 4.69) is 0 Å². The van der Waals surface area contributed by atoms with Crippen molar-refractivity contribution in [2.45, 2.75) is 12.5 Å². The Kier molecular flexibility index (Phi) is 4.83. The van der Waals surface area contributed by atoms with Gasteiger partial charge in [-0.3, -0.25) is 0 Å². The third kappa shape index (κ3) is 4.19. The smallest absolute Gasteiger partial charge is 0.157 e. The summed E-state index contributed by atoms with van der Waals surface area (Å²) in [5, 5.41) is 0. The molecule has 5 nitrogen and oxygen atoms in total. The average Bonchev–Trinajstić information content (AvgIpc) is 2.87. The Labute approximate surface area is 129 Å². The summed E-state index contributed by atoms with van der Waals surface area (Å²) in [5.74, 6) is 1.17. The minimum absolute atomic E-state index is 0.0544. The summed E-state index contributed by atoms with van der Waals surface area (Å²) in [7, 11) is -4.05. The Bertz CT molecular complexity index is 635. The molecule has 1 fully saturated rings. The van der Waals surface area contributed by atoms with Crippen molar-refractivity contribution in [1.29, 1.82) is 0 Å². The summed E-state index contributed by atoms with van der Waals surface area (Å²) in [6.07, 6.45) is 2.35. The van der Waals surface area contributed by atoms with E-state index in [-0.39, 0.29) is 29.1 Å². The van der Waals surface area contributed by atoms with Gasteiger partial charge in [0, 0.05) is 18.8 Å². The molecule has 0 aromatic carbocycles. The number of nitrogens with zero attached hydrogens (tertiary/aromatic N) is 1. The number of thioether (sulfide) groups is 1. The van der Waals surface area contributed by atoms with E-state index in [1.54, 1.807) is 13.1 Å². The first-order chi connectivity index (χ1) is 9.19. The second kappa shape index (κ2) is 5.94. The van der Waals surface area contributed by atoms with E-state index >= 15 is 0 Å². The fourth-order valence-electron chi connectivity index (χ4n) is 2.23. The average molecular weight is 356 g/mol. The lowest BCUT2D eigenvalue weighted by atomic mass is 10.2. The summed E-state index contributed by atoms with van der Waals surface area (Å²) in [4.78, 5) is 1.83. The predicted octanol–water partition coefficient (Wildman–Crippen LogP) is 0.478. The van der Waals surface area contributed by atoms with Crippen LogP contribution < -0.4 is 0 Å². The van der Waals surface area contributed by atoms with E-state index in [1.807, 2.05) is 4.90 Å². The number of hydrogen-bond donors (Lipinski definition) is 0. The molecule has 114 valence electrons. The van der Waals surface area contributed by atoms with Crippen LogP contribution in [0.1, 0.15) is 6.42 Å². The molecule has 0 aliphatic carbocycles. The van der Waals surface area contributed by atoms with Crippen molar-refractivity contribution in [2.24, 2.45) is 0 Å². The van der Waals surface area contributed by atoms with Crippen LogP contribution in [-0.2, 0) is 19.7 Å². The zero-order chi connectivity index (χ0) is 15.0. The largest absolute Gasteiger partial charge is 0.357 e. The fourth-order valence-corrected chi connectivity index (χ4v) is 6.74. The summed E-state index contributed by atoms with van der Waals surface area (Å²) in [6.45, 7) is 0. The monoisotopic (exact) mass is 355 g/mol. The van der Waals surface area contributed by atoms with Gasteiger partial charge >= 0.3 is 0 Å². The summed E-state index contributed by atoms with van der Waals surface area (Å²) < 4.78 is 46.2. The van der Waals surface area contributed by atoms with Gasteiger partial charge in [0.05, 0.1) is 23.0 Å². The Morgan fingerprint density at radius 1 is 1.40 bits per heavy atom. The standard InChI is InChI=1S/C11H17NO4S4/c1-12(10-3-5-20(15,16)8-10)11(17)18-6-9-2-4-19(13,14)7-9/h2,10H,3-8H2,1H3. The fraction of sp³-hybridized carbons (Fsp3) is 0.727. The van der Waals surface area contributed by atoms with Gasteiger partial charge in [0.2, 0.25) is 0 Å². The third-order valence-corrected chi connectivity index (χ3v) is 8.38. The van der Waals surface area contributed by atoms with Crippen LogP contribution in [0.3, 0.4) is 0 Å². The molecule has 2 rings (SSSR count). The van der Waals surface area contributed by atoms with Crippen molar-refractivity contribution < 1.29 is 16.8 Å². The Morgan fingerprint density at radius 2 is 2.10 bits per heavy atom. The summed E-state index contributed by atoms with van der Waals surface area (Å²) in [5.41, 5.74) is 0.879. The van der Waals surface area contributed by atoms with Gasteiger partial charge in [-0.25, -0.2) is 16.8 Å². The molecule has 1 atom stereocenters. The third-order valence-electron chi connectivity index (χ3n) is 3.46. The van der Waals surface area contributed by atoms with Crippen molar-refractivity contribution >= 4 is 48.0 Å². The van der Waals surface area contributed by atoms with Crippen LogP contribution >= 0.6 is 24.0 Å². The molecule has 2 heterocycles. The lowest BCUT2D eigenvalue weighted by Crippen LogP contribution is -2.35. The molecule has 9 heteroatoms. The van der Waals surface area contributed by atoms with Gasteiger partial charge in [-0.15, -0.1) is 0 Å². The molecule has 0 amide bonds. The highest BCUT2D eigenvalue weighted by molar-refractivity contribution is 8.23. The molecular weight excluding hydrogens is 338 g/mol. The van der Waals surface area contributed by atoms with Crippen LogP contribution in [0.25, 0.3) is 0 Å². The number of hydrogen-bond acceptors (Lipinski definition) is 6. The van der Waals surface area contributed by atoms with Crippen LogP contribution in [0.4, 0.5) is 0 Å². The summed E-state index contributed by atoms with van der Waals surface area (Å²) in [6, 6.07) is -0.0544. The number of thiocarbonyl (C=S) groups is 1. The second-order valence-electron chi connectivity index (χ2n) is 5.14. The van der Waals surface area contributed by atoms with E-state index in [1.165, 1.54) is 11.8 Å². The van der Waals surface area contributed by atoms with Crippen LogP contribution in [0.2, 0.25) is 0 Å². The number of rotatable bonds is 3. The first-order valence-electron chi connectivity index (χ1n) is 6.17. The Balaban J connectivity index is 1.84. The minimum Gasteiger partial charge on any atom is -0.357 e. The van der Waals surface area contributed by atoms with E-state index in [0.29, 0.717) is 16.5 Å². The normalized spacial score (nSPS) is 27.2. The van der Waals surface area contributed by atoms with Crippen LogP contribution in [0.15, 0.2) is 11.6 Å². The van der Waals surface area contributed by atoms with E-state index in [0.717, 1.165) is 5.57 Å². The maximum atomic E-state index is 11.5. The molecule has 0 aromatic rings. The Morgan fingerprint density at radius 3 is 2.60 bits per heavy atom. The van der Waals surface area contributed by atoms with Crippen molar-refractivity contribution in [1.82, 2.24) is 4.90 Å². The van der Waals surface area contributed by atoms with Crippen molar-refractivity contribution in [3.8, 4) is 0 Å². The predicted molar refractivity (Wildman–Crippen MR) is 86.6 cm³/mol. The molecule has 2 aliphatic heterocycles. The SMILES string of the molecule is CN(C(=S)SCC1=CCS(=O)(=O)C1)C1CCS(=O)(=O)C1. The molecule has 0 aromatic heterocycles. The van der Waals surface area contributed by atoms with E-state index in [4.69, 9.17) is 12.2 Å². The van der Waals surface area contributed by atoms with Gasteiger partial charge in [0.1, 0.15) is 4.32 Å². The molecule has 0 N–H and O–H groups in total. The molecule has 0 spiro atoms. The first kappa shape index (κ1) is 16.3. The maximum absolute atomic E-state index is 11.5. The van der Waals surface area contributed by atoms with E-state index in [9.17, 15) is 16.8 Å². The van der Waals surface area contributed by atoms with Crippen LogP contribution in [0, 0.1) is 0 Å². The molecule has 0 saturated carbocycles. The zero-order valence-electron chi connectivity index (χ0n) is 11.1. The molecule has 2 aliphatic rings. The van der Waals surface area contributed by atoms with Crippen LogP contribution in [-0.4, -0.2) is 67.9 Å². The molecule has 20 heavy (non-hydrogen) atoms. The highest BCUT2D eigenvalue weighted by atomic mass is 32.2. The zero-order valence-corrected chi connectivity index (χ0v) is 14.4. The van der Waals surface area contributed by atoms with Gasteiger partial charge in [0.15, 0.2) is 19.7 Å². The highest BCUT2D eigenvalue weighted by Gasteiger charge is 2.31. The van der Waals surface area contributed by atoms with Gasteiger partial charge in [-0.2, -0.15) is 0 Å². The van der Waals surface area contributed by atoms with Crippen molar-refractivity contribution in [3.05, 3.63) is 11.6 Å². The molecular formula is C11H17NO4S4. The topological polar surface area (TPSA) is 71.5 Å². The Hall–Kier alpha value is -0.120.